The molecule has 0 saturated heterocycles. The first-order valence-corrected chi connectivity index (χ1v) is 7.37. The number of anilines is 1. The van der Waals surface area contributed by atoms with Crippen LogP contribution in [-0.2, 0) is 0 Å². The van der Waals surface area contributed by atoms with Crippen LogP contribution in [0.5, 0.6) is 0 Å². The zero-order valence-electron chi connectivity index (χ0n) is 10.2. The highest BCUT2D eigenvalue weighted by molar-refractivity contribution is 9.10. The number of aryl methyl sites for hydroxylation is 1. The average Bonchev–Trinajstić information content (AvgIpc) is 2.89. The molecule has 1 aromatic rings. The van der Waals surface area contributed by atoms with Gasteiger partial charge in [0.15, 0.2) is 0 Å². The van der Waals surface area contributed by atoms with Crippen molar-refractivity contribution in [1.82, 2.24) is 4.98 Å². The van der Waals surface area contributed by atoms with Gasteiger partial charge in [-0.15, -0.1) is 0 Å². The van der Waals surface area contributed by atoms with E-state index in [4.69, 9.17) is 0 Å². The fourth-order valence-corrected chi connectivity index (χ4v) is 4.12. The van der Waals surface area contributed by atoms with E-state index in [1.54, 1.807) is 0 Å². The summed E-state index contributed by atoms with van der Waals surface area (Å²) >= 11 is 3.57. The molecule has 3 atom stereocenters. The molecule has 1 aromatic heterocycles. The molecule has 2 fully saturated rings. The predicted molar refractivity (Wildman–Crippen MR) is 74.1 cm³/mol. The van der Waals surface area contributed by atoms with Crippen LogP contribution in [0.1, 0.15) is 31.2 Å². The summed E-state index contributed by atoms with van der Waals surface area (Å²) in [6.07, 6.45) is 7.77. The molecular weight excluding hydrogens is 276 g/mol. The van der Waals surface area contributed by atoms with E-state index in [1.807, 2.05) is 6.20 Å². The second kappa shape index (κ2) is 4.60. The van der Waals surface area contributed by atoms with E-state index < -0.39 is 0 Å². The Labute approximate surface area is 111 Å². The van der Waals surface area contributed by atoms with Crippen LogP contribution in [0.15, 0.2) is 16.7 Å². The molecule has 0 aromatic carbocycles. The lowest BCUT2D eigenvalue weighted by atomic mass is 9.89. The van der Waals surface area contributed by atoms with Crippen molar-refractivity contribution in [2.75, 3.05) is 11.9 Å². The zero-order chi connectivity index (χ0) is 11.8. The molecule has 2 nitrogen and oxygen atoms in total. The first-order chi connectivity index (χ1) is 8.22. The Morgan fingerprint density at radius 1 is 1.41 bits per heavy atom. The number of nitrogens with one attached hydrogen (secondary N) is 1. The molecule has 2 bridgehead atoms. The highest BCUT2D eigenvalue weighted by Gasteiger charge is 2.39. The van der Waals surface area contributed by atoms with Crippen LogP contribution < -0.4 is 5.32 Å². The van der Waals surface area contributed by atoms with Gasteiger partial charge in [0.2, 0.25) is 0 Å². The third-order valence-corrected chi connectivity index (χ3v) is 5.00. The number of rotatable bonds is 3. The molecule has 3 unspecified atom stereocenters. The van der Waals surface area contributed by atoms with E-state index in [9.17, 15) is 0 Å². The minimum Gasteiger partial charge on any atom is -0.369 e. The number of nitrogens with zero attached hydrogens (tertiary/aromatic N) is 1. The van der Waals surface area contributed by atoms with Gasteiger partial charge in [0.05, 0.1) is 4.47 Å². The molecule has 1 heterocycles. The third-order valence-electron chi connectivity index (χ3n) is 4.39. The Balaban J connectivity index is 1.60. The van der Waals surface area contributed by atoms with Crippen molar-refractivity contribution in [1.29, 1.82) is 0 Å². The number of aromatic nitrogens is 1. The average molecular weight is 295 g/mol. The second-order valence-corrected chi connectivity index (χ2v) is 6.51. The lowest BCUT2D eigenvalue weighted by Crippen LogP contribution is -2.20. The normalized spacial score (nSPS) is 30.8. The molecule has 17 heavy (non-hydrogen) atoms. The maximum absolute atomic E-state index is 4.44. The number of hydrogen-bond donors (Lipinski definition) is 1. The van der Waals surface area contributed by atoms with Crippen LogP contribution in [0, 0.1) is 24.7 Å². The van der Waals surface area contributed by atoms with Gasteiger partial charge in [-0.2, -0.15) is 0 Å². The first-order valence-electron chi connectivity index (χ1n) is 6.58. The van der Waals surface area contributed by atoms with Crippen molar-refractivity contribution < 1.29 is 0 Å². The minimum atomic E-state index is 0.878. The maximum atomic E-state index is 4.44. The molecule has 0 spiro atoms. The van der Waals surface area contributed by atoms with Crippen LogP contribution in [0.25, 0.3) is 0 Å². The lowest BCUT2D eigenvalue weighted by molar-refractivity contribution is 0.348. The van der Waals surface area contributed by atoms with E-state index in [2.05, 4.69) is 39.2 Å². The molecule has 0 amide bonds. The Kier molecular flexibility index (Phi) is 3.12. The van der Waals surface area contributed by atoms with Crippen LogP contribution in [0.4, 0.5) is 5.82 Å². The summed E-state index contributed by atoms with van der Waals surface area (Å²) in [5, 5.41) is 3.51. The quantitative estimate of drug-likeness (QED) is 0.911. The Bertz CT molecular complexity index is 419. The van der Waals surface area contributed by atoms with Crippen molar-refractivity contribution >= 4 is 21.7 Å². The minimum absolute atomic E-state index is 0.878. The monoisotopic (exact) mass is 294 g/mol. The van der Waals surface area contributed by atoms with Gasteiger partial charge in [-0.05, 0) is 71.5 Å². The smallest absolute Gasteiger partial charge is 0.140 e. The van der Waals surface area contributed by atoms with E-state index in [0.29, 0.717) is 0 Å². The molecule has 2 aliphatic carbocycles. The van der Waals surface area contributed by atoms with Crippen LogP contribution >= 0.6 is 15.9 Å². The molecule has 2 saturated carbocycles. The summed E-state index contributed by atoms with van der Waals surface area (Å²) < 4.78 is 1.08. The Hall–Kier alpha value is -0.570. The molecule has 92 valence electrons. The van der Waals surface area contributed by atoms with E-state index >= 15 is 0 Å². The fourth-order valence-electron chi connectivity index (χ4n) is 3.52. The number of fused-ring (bicyclic) bond motifs is 2. The largest absolute Gasteiger partial charge is 0.369 e. The van der Waals surface area contributed by atoms with Crippen molar-refractivity contribution in [3.63, 3.8) is 0 Å². The lowest BCUT2D eigenvalue weighted by Gasteiger charge is -2.22. The van der Waals surface area contributed by atoms with Crippen LogP contribution in [0.3, 0.4) is 0 Å². The van der Waals surface area contributed by atoms with Crippen LogP contribution in [0.2, 0.25) is 0 Å². The van der Waals surface area contributed by atoms with Crippen molar-refractivity contribution in [3.05, 3.63) is 22.3 Å². The Morgan fingerprint density at radius 3 is 2.94 bits per heavy atom. The summed E-state index contributed by atoms with van der Waals surface area (Å²) in [7, 11) is 0. The third kappa shape index (κ3) is 2.35. The summed E-state index contributed by atoms with van der Waals surface area (Å²) in [5.74, 6) is 3.89. The first kappa shape index (κ1) is 11.5. The van der Waals surface area contributed by atoms with Gasteiger partial charge >= 0.3 is 0 Å². The van der Waals surface area contributed by atoms with Gasteiger partial charge in [0.1, 0.15) is 5.82 Å². The zero-order valence-corrected chi connectivity index (χ0v) is 11.8. The van der Waals surface area contributed by atoms with Gasteiger partial charge in [-0.25, -0.2) is 4.98 Å². The standard InChI is InChI=1S/C14H19BrN2/c1-9-4-13(15)14(16-7-9)17-8-12-6-10-2-3-11(12)5-10/h4,7,10-12H,2-3,5-6,8H2,1H3,(H,16,17). The molecule has 2 aliphatic rings. The van der Waals surface area contributed by atoms with Gasteiger partial charge in [-0.1, -0.05) is 6.42 Å². The van der Waals surface area contributed by atoms with E-state index in [1.165, 1.54) is 31.2 Å². The van der Waals surface area contributed by atoms with E-state index in [0.717, 1.165) is 34.6 Å². The van der Waals surface area contributed by atoms with Crippen molar-refractivity contribution in [3.8, 4) is 0 Å². The second-order valence-electron chi connectivity index (χ2n) is 5.66. The summed E-state index contributed by atoms with van der Waals surface area (Å²) in [6.45, 7) is 3.16. The SMILES string of the molecule is Cc1cnc(NCC2CC3CCC2C3)c(Br)c1. The summed E-state index contributed by atoms with van der Waals surface area (Å²) in [6, 6.07) is 2.12. The topological polar surface area (TPSA) is 24.9 Å². The fraction of sp³-hybridized carbons (Fsp3) is 0.643. The molecule has 3 rings (SSSR count). The Morgan fingerprint density at radius 2 is 2.29 bits per heavy atom. The molecule has 0 radical (unpaired) electrons. The number of hydrogen-bond acceptors (Lipinski definition) is 2. The molecular formula is C14H19BrN2. The predicted octanol–water partition coefficient (Wildman–Crippen LogP) is 4.00. The number of pyridine rings is 1. The molecule has 1 N–H and O–H groups in total. The summed E-state index contributed by atoms with van der Waals surface area (Å²) in [4.78, 5) is 4.44. The van der Waals surface area contributed by atoms with Crippen molar-refractivity contribution in [2.24, 2.45) is 17.8 Å². The van der Waals surface area contributed by atoms with Gasteiger partial charge in [-0.3, -0.25) is 0 Å². The number of halogens is 1. The van der Waals surface area contributed by atoms with Crippen molar-refractivity contribution in [2.45, 2.75) is 32.6 Å². The van der Waals surface area contributed by atoms with Gasteiger partial charge < -0.3 is 5.32 Å². The van der Waals surface area contributed by atoms with Gasteiger partial charge in [0, 0.05) is 12.7 Å². The summed E-state index contributed by atoms with van der Waals surface area (Å²) in [5.41, 5.74) is 1.20. The maximum Gasteiger partial charge on any atom is 0.140 e. The highest BCUT2D eigenvalue weighted by atomic mass is 79.9. The highest BCUT2D eigenvalue weighted by Crippen LogP contribution is 2.48. The van der Waals surface area contributed by atoms with Gasteiger partial charge in [0.25, 0.3) is 0 Å². The van der Waals surface area contributed by atoms with E-state index in [-0.39, 0.29) is 0 Å². The molecule has 0 aliphatic heterocycles. The molecule has 3 heteroatoms. The van der Waals surface area contributed by atoms with Crippen LogP contribution in [-0.4, -0.2) is 11.5 Å².